The second-order valence-corrected chi connectivity index (χ2v) is 4.78. The maximum atomic E-state index is 10.6. The van der Waals surface area contributed by atoms with Crippen LogP contribution < -0.4 is 4.90 Å². The SMILES string of the molecule is CC1(C)CCN(c2ccc(C(=O)O)o2)C1. The molecule has 0 spiro atoms. The maximum absolute atomic E-state index is 10.6. The monoisotopic (exact) mass is 209 g/mol. The first-order valence-corrected chi connectivity index (χ1v) is 5.06. The molecule has 2 heterocycles. The number of carboxylic acid groups (broad SMARTS) is 1. The zero-order valence-corrected chi connectivity index (χ0v) is 8.99. The molecule has 4 nitrogen and oxygen atoms in total. The molecule has 4 heteroatoms. The molecule has 0 unspecified atom stereocenters. The van der Waals surface area contributed by atoms with E-state index >= 15 is 0 Å². The molecule has 1 saturated heterocycles. The molecule has 1 N–H and O–H groups in total. The molecule has 2 rings (SSSR count). The van der Waals surface area contributed by atoms with Crippen LogP contribution in [0.1, 0.15) is 30.8 Å². The van der Waals surface area contributed by atoms with Gasteiger partial charge in [-0.15, -0.1) is 0 Å². The zero-order chi connectivity index (χ0) is 11.1. The Balaban J connectivity index is 2.14. The van der Waals surface area contributed by atoms with Gasteiger partial charge in [-0.05, 0) is 17.9 Å². The van der Waals surface area contributed by atoms with Crippen LogP contribution in [0, 0.1) is 5.41 Å². The molecular weight excluding hydrogens is 194 g/mol. The molecule has 0 aliphatic carbocycles. The smallest absolute Gasteiger partial charge is 0.371 e. The average Bonchev–Trinajstić information content (AvgIpc) is 2.70. The Morgan fingerprint density at radius 1 is 1.53 bits per heavy atom. The van der Waals surface area contributed by atoms with Gasteiger partial charge in [-0.25, -0.2) is 4.79 Å². The molecule has 0 atom stereocenters. The third kappa shape index (κ3) is 1.98. The third-order valence-electron chi connectivity index (χ3n) is 2.79. The van der Waals surface area contributed by atoms with Crippen molar-refractivity contribution in [2.45, 2.75) is 20.3 Å². The fourth-order valence-corrected chi connectivity index (χ4v) is 1.91. The van der Waals surface area contributed by atoms with E-state index in [9.17, 15) is 4.79 Å². The van der Waals surface area contributed by atoms with Crippen molar-refractivity contribution >= 4 is 11.9 Å². The summed E-state index contributed by atoms with van der Waals surface area (Å²) in [5.74, 6) is -0.340. The lowest BCUT2D eigenvalue weighted by molar-refractivity contribution is 0.0663. The molecule has 1 aliphatic rings. The van der Waals surface area contributed by atoms with E-state index in [2.05, 4.69) is 18.7 Å². The van der Waals surface area contributed by atoms with Crippen molar-refractivity contribution < 1.29 is 14.3 Å². The molecule has 0 aromatic carbocycles. The Labute approximate surface area is 88.5 Å². The van der Waals surface area contributed by atoms with Gasteiger partial charge in [0.15, 0.2) is 5.88 Å². The summed E-state index contributed by atoms with van der Waals surface area (Å²) in [5.41, 5.74) is 0.288. The number of furan rings is 1. The summed E-state index contributed by atoms with van der Waals surface area (Å²) in [6.07, 6.45) is 1.11. The van der Waals surface area contributed by atoms with Gasteiger partial charge < -0.3 is 14.4 Å². The fourth-order valence-electron chi connectivity index (χ4n) is 1.91. The minimum absolute atomic E-state index is 0.00899. The lowest BCUT2D eigenvalue weighted by Gasteiger charge is -2.18. The molecule has 1 aromatic rings. The summed E-state index contributed by atoms with van der Waals surface area (Å²) < 4.78 is 5.25. The topological polar surface area (TPSA) is 53.7 Å². The van der Waals surface area contributed by atoms with E-state index in [1.165, 1.54) is 6.07 Å². The second-order valence-electron chi connectivity index (χ2n) is 4.78. The summed E-state index contributed by atoms with van der Waals surface area (Å²) in [6, 6.07) is 3.23. The summed E-state index contributed by atoms with van der Waals surface area (Å²) in [5, 5.41) is 8.73. The highest BCUT2D eigenvalue weighted by Crippen LogP contribution is 2.33. The minimum Gasteiger partial charge on any atom is -0.475 e. The fraction of sp³-hybridized carbons (Fsp3) is 0.545. The van der Waals surface area contributed by atoms with E-state index in [0.29, 0.717) is 5.88 Å². The van der Waals surface area contributed by atoms with Gasteiger partial charge in [-0.2, -0.15) is 0 Å². The molecule has 0 radical (unpaired) electrons. The summed E-state index contributed by atoms with van der Waals surface area (Å²) in [4.78, 5) is 12.7. The molecule has 1 aliphatic heterocycles. The van der Waals surface area contributed by atoms with Crippen molar-refractivity contribution in [3.05, 3.63) is 17.9 Å². The van der Waals surface area contributed by atoms with Gasteiger partial charge in [0.2, 0.25) is 5.76 Å². The molecule has 82 valence electrons. The summed E-state index contributed by atoms with van der Waals surface area (Å²) in [7, 11) is 0. The quantitative estimate of drug-likeness (QED) is 0.811. The van der Waals surface area contributed by atoms with Crippen molar-refractivity contribution in [3.8, 4) is 0 Å². The third-order valence-corrected chi connectivity index (χ3v) is 2.79. The number of carboxylic acids is 1. The van der Waals surface area contributed by atoms with Crippen LogP contribution in [-0.4, -0.2) is 24.2 Å². The molecule has 1 aromatic heterocycles. The summed E-state index contributed by atoms with van der Waals surface area (Å²) in [6.45, 7) is 6.25. The molecule has 0 bridgehead atoms. The van der Waals surface area contributed by atoms with Crippen molar-refractivity contribution in [1.82, 2.24) is 0 Å². The Morgan fingerprint density at radius 3 is 2.73 bits per heavy atom. The van der Waals surface area contributed by atoms with Crippen LogP contribution in [0.4, 0.5) is 5.88 Å². The maximum Gasteiger partial charge on any atom is 0.371 e. The van der Waals surface area contributed by atoms with Crippen LogP contribution >= 0.6 is 0 Å². The van der Waals surface area contributed by atoms with Crippen LogP contribution in [0.15, 0.2) is 16.5 Å². The number of hydrogen-bond donors (Lipinski definition) is 1. The number of anilines is 1. The van der Waals surface area contributed by atoms with E-state index < -0.39 is 5.97 Å². The van der Waals surface area contributed by atoms with Gasteiger partial charge in [0, 0.05) is 19.2 Å². The molecule has 0 amide bonds. The van der Waals surface area contributed by atoms with Crippen molar-refractivity contribution in [1.29, 1.82) is 0 Å². The first-order valence-electron chi connectivity index (χ1n) is 5.06. The van der Waals surface area contributed by atoms with E-state index in [1.54, 1.807) is 6.07 Å². The molecule has 1 fully saturated rings. The Hall–Kier alpha value is -1.45. The number of hydrogen-bond acceptors (Lipinski definition) is 3. The van der Waals surface area contributed by atoms with Crippen molar-refractivity contribution in [2.24, 2.45) is 5.41 Å². The first kappa shape index (κ1) is 10.1. The highest BCUT2D eigenvalue weighted by atomic mass is 16.4. The molecule has 15 heavy (non-hydrogen) atoms. The van der Waals surface area contributed by atoms with Gasteiger partial charge in [0.25, 0.3) is 0 Å². The van der Waals surface area contributed by atoms with Crippen LogP contribution in [0.5, 0.6) is 0 Å². The van der Waals surface area contributed by atoms with Crippen LogP contribution in [0.25, 0.3) is 0 Å². The van der Waals surface area contributed by atoms with Gasteiger partial charge in [-0.3, -0.25) is 0 Å². The van der Waals surface area contributed by atoms with Gasteiger partial charge in [0.05, 0.1) is 0 Å². The first-order chi connectivity index (χ1) is 6.98. The minimum atomic E-state index is -1.01. The van der Waals surface area contributed by atoms with Gasteiger partial charge in [-0.1, -0.05) is 13.8 Å². The lowest BCUT2D eigenvalue weighted by Crippen LogP contribution is -2.22. The summed E-state index contributed by atoms with van der Waals surface area (Å²) >= 11 is 0. The Bertz CT molecular complexity index is 381. The Morgan fingerprint density at radius 2 is 2.27 bits per heavy atom. The molecular formula is C11H15NO3. The Kier molecular flexibility index (Phi) is 2.21. The number of nitrogens with zero attached hydrogens (tertiary/aromatic N) is 1. The van der Waals surface area contributed by atoms with E-state index in [-0.39, 0.29) is 11.2 Å². The lowest BCUT2D eigenvalue weighted by atomic mass is 9.93. The van der Waals surface area contributed by atoms with E-state index in [1.807, 2.05) is 0 Å². The van der Waals surface area contributed by atoms with Gasteiger partial charge >= 0.3 is 5.97 Å². The predicted molar refractivity (Wildman–Crippen MR) is 56.3 cm³/mol. The van der Waals surface area contributed by atoms with Crippen molar-refractivity contribution in [2.75, 3.05) is 18.0 Å². The zero-order valence-electron chi connectivity index (χ0n) is 8.99. The highest BCUT2D eigenvalue weighted by Gasteiger charge is 2.30. The standard InChI is InChI=1S/C11H15NO3/c1-11(2)5-6-12(7-11)9-4-3-8(15-9)10(13)14/h3-4H,5-7H2,1-2H3,(H,13,14). The van der Waals surface area contributed by atoms with Crippen LogP contribution in [0.2, 0.25) is 0 Å². The molecule has 0 saturated carbocycles. The second kappa shape index (κ2) is 3.29. The van der Waals surface area contributed by atoms with Crippen molar-refractivity contribution in [3.63, 3.8) is 0 Å². The largest absolute Gasteiger partial charge is 0.475 e. The average molecular weight is 209 g/mol. The van der Waals surface area contributed by atoms with E-state index in [0.717, 1.165) is 19.5 Å². The van der Waals surface area contributed by atoms with Gasteiger partial charge in [0.1, 0.15) is 0 Å². The van der Waals surface area contributed by atoms with Crippen LogP contribution in [-0.2, 0) is 0 Å². The number of aromatic carboxylic acids is 1. The van der Waals surface area contributed by atoms with Crippen LogP contribution in [0.3, 0.4) is 0 Å². The number of rotatable bonds is 2. The normalized spacial score (nSPS) is 19.5. The predicted octanol–water partition coefficient (Wildman–Crippen LogP) is 2.21. The highest BCUT2D eigenvalue weighted by molar-refractivity contribution is 5.84. The van der Waals surface area contributed by atoms with E-state index in [4.69, 9.17) is 9.52 Å². The number of carbonyl (C=O) groups is 1.